The molecular formula is C21H13Cl2N3O2. The van der Waals surface area contributed by atoms with Gasteiger partial charge in [-0.1, -0.05) is 59.6 Å². The third kappa shape index (κ3) is 3.15. The molecule has 0 aliphatic rings. The Bertz CT molecular complexity index is 1230. The fourth-order valence-corrected chi connectivity index (χ4v) is 3.32. The average Bonchev–Trinajstić information content (AvgIpc) is 3.09. The molecule has 0 radical (unpaired) electrons. The highest BCUT2D eigenvalue weighted by Crippen LogP contribution is 2.27. The highest BCUT2D eigenvalue weighted by Gasteiger charge is 2.17. The summed E-state index contributed by atoms with van der Waals surface area (Å²) in [6.45, 7) is 0. The van der Waals surface area contributed by atoms with Crippen LogP contribution in [0.3, 0.4) is 0 Å². The second-order valence-corrected chi connectivity index (χ2v) is 6.95. The van der Waals surface area contributed by atoms with Crippen LogP contribution in [-0.4, -0.2) is 21.4 Å². The summed E-state index contributed by atoms with van der Waals surface area (Å²) in [6, 6.07) is 18.1. The van der Waals surface area contributed by atoms with E-state index in [2.05, 4.69) is 4.98 Å². The number of amides is 1. The van der Waals surface area contributed by atoms with E-state index in [1.54, 1.807) is 48.5 Å². The predicted octanol–water partition coefficient (Wildman–Crippen LogP) is 5.17. The number of halogens is 2. The second kappa shape index (κ2) is 7.11. The molecule has 5 nitrogen and oxygen atoms in total. The Morgan fingerprint density at radius 2 is 1.54 bits per heavy atom. The third-order valence-corrected chi connectivity index (χ3v) is 5.11. The van der Waals surface area contributed by atoms with Crippen molar-refractivity contribution in [1.29, 1.82) is 0 Å². The SMILES string of the molecule is NC(=O)n1c(-c2ccc(C(=O)c3ccc(Cl)c(Cl)c3)cc2)nc2ccccc21. The molecule has 0 bridgehead atoms. The van der Waals surface area contributed by atoms with Gasteiger partial charge < -0.3 is 5.73 Å². The van der Waals surface area contributed by atoms with Crippen molar-refractivity contribution in [2.45, 2.75) is 0 Å². The number of carbonyl (C=O) groups excluding carboxylic acids is 2. The van der Waals surface area contributed by atoms with E-state index in [-0.39, 0.29) is 5.78 Å². The number of nitrogens with two attached hydrogens (primary N) is 1. The van der Waals surface area contributed by atoms with Gasteiger partial charge >= 0.3 is 6.03 Å². The van der Waals surface area contributed by atoms with E-state index in [0.717, 1.165) is 0 Å². The molecule has 0 saturated carbocycles. The molecule has 7 heteroatoms. The van der Waals surface area contributed by atoms with E-state index in [1.807, 2.05) is 12.1 Å². The first-order valence-corrected chi connectivity index (χ1v) is 9.09. The van der Waals surface area contributed by atoms with Crippen LogP contribution in [0.4, 0.5) is 4.79 Å². The van der Waals surface area contributed by atoms with E-state index in [4.69, 9.17) is 28.9 Å². The fraction of sp³-hybridized carbons (Fsp3) is 0. The maximum atomic E-state index is 12.7. The molecule has 4 rings (SSSR count). The first-order valence-electron chi connectivity index (χ1n) is 8.33. The van der Waals surface area contributed by atoms with E-state index < -0.39 is 6.03 Å². The highest BCUT2D eigenvalue weighted by molar-refractivity contribution is 6.42. The maximum absolute atomic E-state index is 12.7. The molecule has 0 unspecified atom stereocenters. The van der Waals surface area contributed by atoms with E-state index in [0.29, 0.717) is 43.6 Å². The number of hydrogen-bond acceptors (Lipinski definition) is 3. The first kappa shape index (κ1) is 18.2. The van der Waals surface area contributed by atoms with Crippen LogP contribution in [0.5, 0.6) is 0 Å². The quantitative estimate of drug-likeness (QED) is 0.474. The molecule has 28 heavy (non-hydrogen) atoms. The number of rotatable bonds is 3. The molecule has 0 atom stereocenters. The molecule has 0 saturated heterocycles. The summed E-state index contributed by atoms with van der Waals surface area (Å²) >= 11 is 11.9. The zero-order valence-electron chi connectivity index (χ0n) is 14.4. The van der Waals surface area contributed by atoms with Crippen LogP contribution in [0.25, 0.3) is 22.4 Å². The number of para-hydroxylation sites is 2. The van der Waals surface area contributed by atoms with Gasteiger partial charge in [-0.15, -0.1) is 0 Å². The summed E-state index contributed by atoms with van der Waals surface area (Å²) in [6.07, 6.45) is 0. The van der Waals surface area contributed by atoms with Crippen LogP contribution in [0.15, 0.2) is 66.7 Å². The Hall–Kier alpha value is -3.15. The van der Waals surface area contributed by atoms with E-state index in [9.17, 15) is 9.59 Å². The number of nitrogens with zero attached hydrogens (tertiary/aromatic N) is 2. The number of imidazole rings is 1. The summed E-state index contributed by atoms with van der Waals surface area (Å²) in [7, 11) is 0. The summed E-state index contributed by atoms with van der Waals surface area (Å²) < 4.78 is 1.35. The number of ketones is 1. The zero-order valence-corrected chi connectivity index (χ0v) is 15.9. The topological polar surface area (TPSA) is 78.0 Å². The van der Waals surface area contributed by atoms with Crippen molar-refractivity contribution in [3.05, 3.63) is 87.9 Å². The molecule has 1 aromatic heterocycles. The lowest BCUT2D eigenvalue weighted by molar-refractivity contribution is 0.103. The normalized spacial score (nSPS) is 10.9. The van der Waals surface area contributed by atoms with Gasteiger partial charge in [-0.05, 0) is 30.3 Å². The Morgan fingerprint density at radius 3 is 2.21 bits per heavy atom. The van der Waals surface area contributed by atoms with Crippen LogP contribution < -0.4 is 5.73 Å². The minimum absolute atomic E-state index is 0.187. The van der Waals surface area contributed by atoms with Crippen molar-refractivity contribution in [2.24, 2.45) is 5.73 Å². The number of benzene rings is 3. The van der Waals surface area contributed by atoms with Crippen molar-refractivity contribution in [2.75, 3.05) is 0 Å². The monoisotopic (exact) mass is 409 g/mol. The molecule has 0 aliphatic carbocycles. The van der Waals surface area contributed by atoms with Gasteiger partial charge in [-0.25, -0.2) is 14.3 Å². The van der Waals surface area contributed by atoms with Crippen molar-refractivity contribution in [1.82, 2.24) is 9.55 Å². The average molecular weight is 410 g/mol. The van der Waals surface area contributed by atoms with Gasteiger partial charge in [0.05, 0.1) is 21.1 Å². The lowest BCUT2D eigenvalue weighted by atomic mass is 10.0. The van der Waals surface area contributed by atoms with E-state index in [1.165, 1.54) is 10.6 Å². The summed E-state index contributed by atoms with van der Waals surface area (Å²) in [5.41, 5.74) is 8.41. The largest absolute Gasteiger partial charge is 0.351 e. The number of aromatic nitrogens is 2. The van der Waals surface area contributed by atoms with Crippen molar-refractivity contribution in [3.63, 3.8) is 0 Å². The zero-order chi connectivity index (χ0) is 19.8. The Kier molecular flexibility index (Phi) is 4.63. The lowest BCUT2D eigenvalue weighted by Crippen LogP contribution is -2.20. The Morgan fingerprint density at radius 1 is 0.857 bits per heavy atom. The summed E-state index contributed by atoms with van der Waals surface area (Å²) in [5.74, 6) is 0.232. The number of fused-ring (bicyclic) bond motifs is 1. The molecule has 2 N–H and O–H groups in total. The van der Waals surface area contributed by atoms with Gasteiger partial charge in [-0.2, -0.15) is 0 Å². The maximum Gasteiger partial charge on any atom is 0.325 e. The predicted molar refractivity (Wildman–Crippen MR) is 110 cm³/mol. The van der Waals surface area contributed by atoms with Crippen LogP contribution >= 0.6 is 23.2 Å². The van der Waals surface area contributed by atoms with Crippen molar-refractivity contribution >= 4 is 46.0 Å². The molecular weight excluding hydrogens is 397 g/mol. The van der Waals surface area contributed by atoms with Gasteiger partial charge in [0.25, 0.3) is 0 Å². The molecule has 1 heterocycles. The van der Waals surface area contributed by atoms with Crippen molar-refractivity contribution < 1.29 is 9.59 Å². The first-order chi connectivity index (χ1) is 13.5. The minimum atomic E-state index is -0.625. The molecule has 1 amide bonds. The van der Waals surface area contributed by atoms with Gasteiger partial charge in [0.15, 0.2) is 5.78 Å². The van der Waals surface area contributed by atoms with Gasteiger partial charge in [0, 0.05) is 16.7 Å². The smallest absolute Gasteiger partial charge is 0.325 e. The summed E-state index contributed by atoms with van der Waals surface area (Å²) in [4.78, 5) is 29.1. The number of carbonyl (C=O) groups is 2. The number of primary amides is 1. The van der Waals surface area contributed by atoms with Crippen LogP contribution in [0, 0.1) is 0 Å². The van der Waals surface area contributed by atoms with Crippen LogP contribution in [0.2, 0.25) is 10.0 Å². The molecule has 0 spiro atoms. The molecule has 138 valence electrons. The molecule has 0 aliphatic heterocycles. The van der Waals surface area contributed by atoms with Crippen LogP contribution in [-0.2, 0) is 0 Å². The number of hydrogen-bond donors (Lipinski definition) is 1. The van der Waals surface area contributed by atoms with E-state index >= 15 is 0 Å². The van der Waals surface area contributed by atoms with Crippen molar-refractivity contribution in [3.8, 4) is 11.4 Å². The minimum Gasteiger partial charge on any atom is -0.351 e. The summed E-state index contributed by atoms with van der Waals surface area (Å²) in [5, 5.41) is 0.707. The lowest BCUT2D eigenvalue weighted by Gasteiger charge is -2.06. The fourth-order valence-electron chi connectivity index (χ4n) is 3.02. The second-order valence-electron chi connectivity index (χ2n) is 6.13. The molecule has 0 fully saturated rings. The molecule has 4 aromatic rings. The Balaban J connectivity index is 1.73. The third-order valence-electron chi connectivity index (χ3n) is 4.37. The Labute approximate surface area is 170 Å². The van der Waals surface area contributed by atoms with Gasteiger partial charge in [-0.3, -0.25) is 4.79 Å². The van der Waals surface area contributed by atoms with Gasteiger partial charge in [0.1, 0.15) is 5.82 Å². The molecule has 3 aromatic carbocycles. The highest BCUT2D eigenvalue weighted by atomic mass is 35.5. The standard InChI is InChI=1S/C21H13Cl2N3O2/c22-15-10-9-14(11-16(15)23)19(27)12-5-7-13(8-6-12)20-25-17-3-1-2-4-18(17)26(20)21(24)28/h1-11H,(H2,24,28). The van der Waals surface area contributed by atoms with Crippen LogP contribution in [0.1, 0.15) is 15.9 Å². The van der Waals surface area contributed by atoms with Gasteiger partial charge in [0.2, 0.25) is 0 Å².